The normalized spacial score (nSPS) is 12.3. The van der Waals surface area contributed by atoms with Crippen molar-refractivity contribution >= 4 is 45.0 Å². The molecular formula is C17H17N3OS2. The summed E-state index contributed by atoms with van der Waals surface area (Å²) in [5.41, 5.74) is 3.04. The van der Waals surface area contributed by atoms with Gasteiger partial charge >= 0.3 is 0 Å². The van der Waals surface area contributed by atoms with Gasteiger partial charge in [-0.2, -0.15) is 0 Å². The second-order valence-corrected chi connectivity index (χ2v) is 7.56. The molecule has 0 aliphatic rings. The Morgan fingerprint density at radius 2 is 2.04 bits per heavy atom. The number of aryl methyl sites for hydroxylation is 2. The van der Waals surface area contributed by atoms with E-state index in [2.05, 4.69) is 28.3 Å². The summed E-state index contributed by atoms with van der Waals surface area (Å²) >= 11 is 2.90. The van der Waals surface area contributed by atoms with Crippen LogP contribution in [0.25, 0.3) is 10.9 Å². The van der Waals surface area contributed by atoms with Crippen molar-refractivity contribution in [2.24, 2.45) is 0 Å². The van der Waals surface area contributed by atoms with Gasteiger partial charge in [-0.05, 0) is 38.5 Å². The number of para-hydroxylation sites is 1. The van der Waals surface area contributed by atoms with Crippen molar-refractivity contribution < 1.29 is 4.79 Å². The molecule has 0 radical (unpaired) electrons. The molecule has 0 aliphatic heterocycles. The number of aromatic nitrogens is 2. The van der Waals surface area contributed by atoms with Gasteiger partial charge in [0.05, 0.1) is 21.5 Å². The molecule has 1 N–H and O–H groups in total. The summed E-state index contributed by atoms with van der Waals surface area (Å²) in [6.07, 6.45) is 0. The minimum atomic E-state index is -0.243. The van der Waals surface area contributed by atoms with E-state index >= 15 is 0 Å². The number of anilines is 1. The van der Waals surface area contributed by atoms with Crippen LogP contribution in [0.3, 0.4) is 0 Å². The van der Waals surface area contributed by atoms with Crippen LogP contribution in [-0.4, -0.2) is 21.1 Å². The predicted octanol–water partition coefficient (Wildman–Crippen LogP) is 4.43. The van der Waals surface area contributed by atoms with E-state index in [1.54, 1.807) is 0 Å². The quantitative estimate of drug-likeness (QED) is 0.712. The topological polar surface area (TPSA) is 54.9 Å². The first-order valence-electron chi connectivity index (χ1n) is 7.29. The summed E-state index contributed by atoms with van der Waals surface area (Å²) in [4.78, 5) is 21.2. The third kappa shape index (κ3) is 3.71. The first-order chi connectivity index (χ1) is 11.0. The largest absolute Gasteiger partial charge is 0.301 e. The molecule has 0 bridgehead atoms. The zero-order valence-corrected chi connectivity index (χ0v) is 14.8. The minimum absolute atomic E-state index is 0.0584. The van der Waals surface area contributed by atoms with E-state index in [-0.39, 0.29) is 11.2 Å². The zero-order valence-electron chi connectivity index (χ0n) is 13.2. The number of hydrogen-bond acceptors (Lipinski definition) is 5. The number of thiazole rings is 1. The van der Waals surface area contributed by atoms with E-state index in [0.29, 0.717) is 5.13 Å². The highest BCUT2D eigenvalue weighted by Crippen LogP contribution is 2.27. The number of carbonyl (C=O) groups is 1. The van der Waals surface area contributed by atoms with Gasteiger partial charge in [0.15, 0.2) is 5.13 Å². The Bertz CT molecular complexity index is 860. The summed E-state index contributed by atoms with van der Waals surface area (Å²) < 4.78 is 0. The Kier molecular flexibility index (Phi) is 4.63. The van der Waals surface area contributed by atoms with Crippen molar-refractivity contribution in [2.75, 3.05) is 5.32 Å². The summed E-state index contributed by atoms with van der Waals surface area (Å²) in [6, 6.07) is 10.1. The van der Waals surface area contributed by atoms with Gasteiger partial charge in [0, 0.05) is 10.8 Å². The van der Waals surface area contributed by atoms with Crippen LogP contribution in [0, 0.1) is 13.8 Å². The third-order valence-electron chi connectivity index (χ3n) is 3.42. The lowest BCUT2D eigenvalue weighted by Crippen LogP contribution is -2.22. The number of nitrogens with one attached hydrogen (secondary N) is 1. The van der Waals surface area contributed by atoms with Crippen molar-refractivity contribution in [3.8, 4) is 0 Å². The molecule has 0 spiro atoms. The monoisotopic (exact) mass is 343 g/mol. The van der Waals surface area contributed by atoms with Crippen LogP contribution in [0.1, 0.15) is 18.2 Å². The van der Waals surface area contributed by atoms with Gasteiger partial charge in [-0.25, -0.2) is 9.97 Å². The van der Waals surface area contributed by atoms with Crippen LogP contribution in [-0.2, 0) is 4.79 Å². The third-order valence-corrected chi connectivity index (χ3v) is 5.31. The highest BCUT2D eigenvalue weighted by molar-refractivity contribution is 8.00. The second kappa shape index (κ2) is 6.68. The molecular weight excluding hydrogens is 326 g/mol. The van der Waals surface area contributed by atoms with Crippen LogP contribution in [0.4, 0.5) is 5.13 Å². The molecule has 1 atom stereocenters. The number of hydrogen-bond donors (Lipinski definition) is 1. The predicted molar refractivity (Wildman–Crippen MR) is 97.3 cm³/mol. The number of amides is 1. The fraction of sp³-hybridized carbons (Fsp3) is 0.235. The number of rotatable bonds is 4. The average Bonchev–Trinajstić information content (AvgIpc) is 2.92. The highest BCUT2D eigenvalue weighted by Gasteiger charge is 2.17. The summed E-state index contributed by atoms with van der Waals surface area (Å²) in [7, 11) is 0. The number of fused-ring (bicyclic) bond motifs is 1. The van der Waals surface area contributed by atoms with Gasteiger partial charge in [-0.3, -0.25) is 4.79 Å². The zero-order chi connectivity index (χ0) is 16.4. The molecule has 2 aromatic heterocycles. The van der Waals surface area contributed by atoms with Crippen molar-refractivity contribution in [3.63, 3.8) is 0 Å². The van der Waals surface area contributed by atoms with E-state index in [4.69, 9.17) is 0 Å². The van der Waals surface area contributed by atoms with Gasteiger partial charge < -0.3 is 5.32 Å². The van der Waals surface area contributed by atoms with Gasteiger partial charge in [0.2, 0.25) is 5.91 Å². The fourth-order valence-corrected chi connectivity index (χ4v) is 3.85. The lowest BCUT2D eigenvalue weighted by Gasteiger charge is -2.11. The Balaban J connectivity index is 1.74. The second-order valence-electron chi connectivity index (χ2n) is 5.34. The maximum atomic E-state index is 12.3. The van der Waals surface area contributed by atoms with Gasteiger partial charge in [-0.15, -0.1) is 11.3 Å². The lowest BCUT2D eigenvalue weighted by atomic mass is 10.1. The molecule has 118 valence electrons. The van der Waals surface area contributed by atoms with Crippen LogP contribution in [0.2, 0.25) is 0 Å². The van der Waals surface area contributed by atoms with E-state index in [1.807, 2.05) is 43.5 Å². The standard InChI is InChI=1S/C17H17N3OS2/c1-10-8-15(19-14-7-5-4-6-13(10)14)23-12(3)16(21)20-17-18-11(2)9-22-17/h4-9,12H,1-3H3,(H,18,20,21)/t12-/m1/s1. The molecule has 1 amide bonds. The molecule has 0 aliphatic carbocycles. The molecule has 4 nitrogen and oxygen atoms in total. The van der Waals surface area contributed by atoms with Crippen LogP contribution in [0.15, 0.2) is 40.7 Å². The first-order valence-corrected chi connectivity index (χ1v) is 9.05. The van der Waals surface area contributed by atoms with Crippen LogP contribution in [0.5, 0.6) is 0 Å². The molecule has 2 heterocycles. The maximum absolute atomic E-state index is 12.3. The molecule has 0 fully saturated rings. The average molecular weight is 343 g/mol. The molecule has 0 saturated heterocycles. The van der Waals surface area contributed by atoms with Crippen molar-refractivity contribution in [3.05, 3.63) is 47.0 Å². The molecule has 23 heavy (non-hydrogen) atoms. The Hall–Kier alpha value is -1.92. The number of carbonyl (C=O) groups excluding carboxylic acids is 1. The molecule has 0 saturated carbocycles. The van der Waals surface area contributed by atoms with E-state index in [0.717, 1.165) is 21.6 Å². The van der Waals surface area contributed by atoms with Crippen molar-refractivity contribution in [2.45, 2.75) is 31.0 Å². The molecule has 3 aromatic rings. The van der Waals surface area contributed by atoms with Gasteiger partial charge in [0.1, 0.15) is 0 Å². The van der Waals surface area contributed by atoms with Gasteiger partial charge in [0.25, 0.3) is 0 Å². The van der Waals surface area contributed by atoms with E-state index in [9.17, 15) is 4.79 Å². The van der Waals surface area contributed by atoms with Gasteiger partial charge in [-0.1, -0.05) is 30.0 Å². The van der Waals surface area contributed by atoms with E-state index < -0.39 is 0 Å². The lowest BCUT2D eigenvalue weighted by molar-refractivity contribution is -0.115. The Morgan fingerprint density at radius 1 is 1.26 bits per heavy atom. The highest BCUT2D eigenvalue weighted by atomic mass is 32.2. The smallest absolute Gasteiger partial charge is 0.239 e. The van der Waals surface area contributed by atoms with Crippen LogP contribution >= 0.6 is 23.1 Å². The number of pyridine rings is 1. The SMILES string of the molecule is Cc1csc(NC(=O)[C@@H](C)Sc2cc(C)c3ccccc3n2)n1. The minimum Gasteiger partial charge on any atom is -0.301 e. The van der Waals surface area contributed by atoms with Crippen molar-refractivity contribution in [1.82, 2.24) is 9.97 Å². The Morgan fingerprint density at radius 3 is 2.78 bits per heavy atom. The maximum Gasteiger partial charge on any atom is 0.239 e. The summed E-state index contributed by atoms with van der Waals surface area (Å²) in [5, 5.41) is 7.18. The molecule has 0 unspecified atom stereocenters. The Labute approximate surface area is 143 Å². The number of benzene rings is 1. The summed E-state index contributed by atoms with van der Waals surface area (Å²) in [5.74, 6) is -0.0584. The molecule has 3 rings (SSSR count). The fourth-order valence-electron chi connectivity index (χ4n) is 2.23. The molecule has 1 aromatic carbocycles. The van der Waals surface area contributed by atoms with Crippen molar-refractivity contribution in [1.29, 1.82) is 0 Å². The number of thioether (sulfide) groups is 1. The van der Waals surface area contributed by atoms with E-state index in [1.165, 1.54) is 28.7 Å². The molecule has 6 heteroatoms. The summed E-state index contributed by atoms with van der Waals surface area (Å²) in [6.45, 7) is 5.86. The first kappa shape index (κ1) is 16.0. The van der Waals surface area contributed by atoms with Crippen LogP contribution < -0.4 is 5.32 Å². The number of nitrogens with zero attached hydrogens (tertiary/aromatic N) is 2.